The Morgan fingerprint density at radius 1 is 1.70 bits per heavy atom. The quantitative estimate of drug-likeness (QED) is 0.790. The highest BCUT2D eigenvalue weighted by Crippen LogP contribution is 2.15. The van der Waals surface area contributed by atoms with Gasteiger partial charge in [-0.05, 0) is 32.2 Å². The molecule has 0 saturated carbocycles. The number of anilines is 1. The van der Waals surface area contributed by atoms with Crippen molar-refractivity contribution >= 4 is 11.6 Å². The molecule has 6 heteroatoms. The average molecular weight is 280 g/mol. The molecule has 0 bridgehead atoms. The smallest absolute Gasteiger partial charge is 0.227 e. The molecule has 112 valence electrons. The molecular weight excluding hydrogens is 256 g/mol. The molecule has 6 nitrogen and oxygen atoms in total. The fourth-order valence-electron chi connectivity index (χ4n) is 2.35. The number of nitrogens with zero attached hydrogens (tertiary/aromatic N) is 2. The lowest BCUT2D eigenvalue weighted by Crippen LogP contribution is -2.21. The molecule has 2 rings (SSSR count). The van der Waals surface area contributed by atoms with E-state index in [0.29, 0.717) is 6.54 Å². The van der Waals surface area contributed by atoms with Crippen LogP contribution in [0, 0.1) is 5.92 Å². The van der Waals surface area contributed by atoms with Crippen molar-refractivity contribution < 1.29 is 9.53 Å². The molecule has 0 spiro atoms. The zero-order valence-corrected chi connectivity index (χ0v) is 12.0. The van der Waals surface area contributed by atoms with Crippen molar-refractivity contribution in [3.05, 3.63) is 12.4 Å². The van der Waals surface area contributed by atoms with Crippen LogP contribution in [0.4, 0.5) is 5.69 Å². The van der Waals surface area contributed by atoms with Gasteiger partial charge in [-0.15, -0.1) is 0 Å². The Kier molecular flexibility index (Phi) is 5.55. The average Bonchev–Trinajstić information content (AvgIpc) is 3.08. The van der Waals surface area contributed by atoms with Gasteiger partial charge in [-0.2, -0.15) is 5.10 Å². The van der Waals surface area contributed by atoms with Crippen molar-refractivity contribution in [3.63, 3.8) is 0 Å². The highest BCUT2D eigenvalue weighted by atomic mass is 16.5. The fraction of sp³-hybridized carbons (Fsp3) is 0.714. The van der Waals surface area contributed by atoms with Gasteiger partial charge in [0.05, 0.1) is 24.5 Å². The first-order chi connectivity index (χ1) is 9.69. The Hall–Kier alpha value is -1.40. The number of amides is 1. The van der Waals surface area contributed by atoms with Gasteiger partial charge in [-0.25, -0.2) is 0 Å². The van der Waals surface area contributed by atoms with Gasteiger partial charge in [0.25, 0.3) is 0 Å². The normalized spacial score (nSPS) is 20.0. The van der Waals surface area contributed by atoms with E-state index in [9.17, 15) is 4.79 Å². The molecule has 0 aliphatic carbocycles. The second-order valence-corrected chi connectivity index (χ2v) is 5.41. The van der Waals surface area contributed by atoms with E-state index >= 15 is 0 Å². The number of hydrogen-bond acceptors (Lipinski definition) is 4. The number of ether oxygens (including phenoxy) is 1. The van der Waals surface area contributed by atoms with E-state index in [1.54, 1.807) is 6.20 Å². The minimum Gasteiger partial charge on any atom is -0.376 e. The first-order valence-corrected chi connectivity index (χ1v) is 7.34. The summed E-state index contributed by atoms with van der Waals surface area (Å²) in [6.45, 7) is 4.13. The van der Waals surface area contributed by atoms with E-state index in [1.165, 1.54) is 0 Å². The van der Waals surface area contributed by atoms with Crippen LogP contribution in [0.15, 0.2) is 12.4 Å². The maximum Gasteiger partial charge on any atom is 0.227 e. The van der Waals surface area contributed by atoms with E-state index < -0.39 is 0 Å². The second kappa shape index (κ2) is 7.40. The number of nitrogens with one attached hydrogen (secondary N) is 1. The van der Waals surface area contributed by atoms with Crippen LogP contribution in [0.25, 0.3) is 0 Å². The minimum absolute atomic E-state index is 0.0233. The first-order valence-electron chi connectivity index (χ1n) is 7.34. The maximum absolute atomic E-state index is 12.0. The number of aromatic nitrogens is 2. The summed E-state index contributed by atoms with van der Waals surface area (Å²) < 4.78 is 7.40. The Labute approximate surface area is 119 Å². The summed E-state index contributed by atoms with van der Waals surface area (Å²) in [5, 5.41) is 7.15. The molecule has 0 radical (unpaired) electrons. The zero-order chi connectivity index (χ0) is 14.4. The van der Waals surface area contributed by atoms with Crippen LogP contribution in [0.2, 0.25) is 0 Å². The lowest BCUT2D eigenvalue weighted by Gasteiger charge is -2.10. The van der Waals surface area contributed by atoms with Crippen molar-refractivity contribution in [2.45, 2.75) is 45.3 Å². The van der Waals surface area contributed by atoms with E-state index in [2.05, 4.69) is 10.4 Å². The molecule has 2 atom stereocenters. The van der Waals surface area contributed by atoms with Crippen LogP contribution in [0.5, 0.6) is 0 Å². The molecule has 20 heavy (non-hydrogen) atoms. The maximum atomic E-state index is 12.0. The Morgan fingerprint density at radius 2 is 2.55 bits per heavy atom. The summed E-state index contributed by atoms with van der Waals surface area (Å²) in [7, 11) is 0. The third kappa shape index (κ3) is 4.31. The van der Waals surface area contributed by atoms with E-state index in [-0.39, 0.29) is 17.9 Å². The Balaban J connectivity index is 1.80. The number of hydrogen-bond donors (Lipinski definition) is 2. The van der Waals surface area contributed by atoms with Gasteiger partial charge in [-0.1, -0.05) is 6.92 Å². The van der Waals surface area contributed by atoms with Crippen molar-refractivity contribution in [2.75, 3.05) is 18.5 Å². The van der Waals surface area contributed by atoms with Crippen LogP contribution in [0.1, 0.15) is 32.6 Å². The fourth-order valence-corrected chi connectivity index (χ4v) is 2.35. The lowest BCUT2D eigenvalue weighted by molar-refractivity contribution is -0.119. The lowest BCUT2D eigenvalue weighted by atomic mass is 10.1. The third-order valence-corrected chi connectivity index (χ3v) is 3.60. The predicted molar refractivity (Wildman–Crippen MR) is 77.3 cm³/mol. The molecular formula is C14H24N4O2. The van der Waals surface area contributed by atoms with Gasteiger partial charge in [0.2, 0.25) is 5.91 Å². The SMILES string of the molecule is CC(CCCN)C(=O)Nc1cnn(CC2CCCO2)c1. The summed E-state index contributed by atoms with van der Waals surface area (Å²) in [4.78, 5) is 12.0. The third-order valence-electron chi connectivity index (χ3n) is 3.60. The van der Waals surface area contributed by atoms with Gasteiger partial charge in [0.15, 0.2) is 0 Å². The summed E-state index contributed by atoms with van der Waals surface area (Å²) in [5.41, 5.74) is 6.20. The van der Waals surface area contributed by atoms with Gasteiger partial charge >= 0.3 is 0 Å². The molecule has 1 fully saturated rings. The monoisotopic (exact) mass is 280 g/mol. The van der Waals surface area contributed by atoms with Gasteiger partial charge in [0.1, 0.15) is 0 Å². The van der Waals surface area contributed by atoms with Crippen LogP contribution in [-0.2, 0) is 16.1 Å². The summed E-state index contributed by atoms with van der Waals surface area (Å²) in [6.07, 6.45) is 7.67. The molecule has 2 heterocycles. The topological polar surface area (TPSA) is 82.2 Å². The van der Waals surface area contributed by atoms with Crippen molar-refractivity contribution in [3.8, 4) is 0 Å². The number of carbonyl (C=O) groups excluding carboxylic acids is 1. The molecule has 0 aromatic carbocycles. The number of carbonyl (C=O) groups is 1. The van der Waals surface area contributed by atoms with Crippen molar-refractivity contribution in [1.29, 1.82) is 0 Å². The zero-order valence-electron chi connectivity index (χ0n) is 12.0. The first kappa shape index (κ1) is 15.0. The molecule has 1 aliphatic rings. The molecule has 1 aromatic heterocycles. The molecule has 1 aliphatic heterocycles. The number of nitrogens with two attached hydrogens (primary N) is 1. The molecule has 2 unspecified atom stereocenters. The second-order valence-electron chi connectivity index (χ2n) is 5.41. The highest BCUT2D eigenvalue weighted by Gasteiger charge is 2.17. The molecule has 1 aromatic rings. The minimum atomic E-state index is -0.0277. The largest absolute Gasteiger partial charge is 0.376 e. The summed E-state index contributed by atoms with van der Waals surface area (Å²) >= 11 is 0. The van der Waals surface area contributed by atoms with Gasteiger partial charge in [-0.3, -0.25) is 9.48 Å². The van der Waals surface area contributed by atoms with Gasteiger partial charge < -0.3 is 15.8 Å². The molecule has 3 N–H and O–H groups in total. The predicted octanol–water partition coefficient (Wildman–Crippen LogP) is 1.38. The summed E-state index contributed by atoms with van der Waals surface area (Å²) in [6, 6.07) is 0. The van der Waals surface area contributed by atoms with Crippen LogP contribution < -0.4 is 11.1 Å². The Morgan fingerprint density at radius 3 is 3.25 bits per heavy atom. The van der Waals surface area contributed by atoms with Crippen molar-refractivity contribution in [2.24, 2.45) is 11.7 Å². The van der Waals surface area contributed by atoms with E-state index in [1.807, 2.05) is 17.8 Å². The van der Waals surface area contributed by atoms with Crippen LogP contribution in [0.3, 0.4) is 0 Å². The van der Waals surface area contributed by atoms with Crippen molar-refractivity contribution in [1.82, 2.24) is 9.78 Å². The summed E-state index contributed by atoms with van der Waals surface area (Å²) in [5.74, 6) is -0.00446. The highest BCUT2D eigenvalue weighted by molar-refractivity contribution is 5.91. The molecule has 1 amide bonds. The van der Waals surface area contributed by atoms with E-state index in [0.717, 1.165) is 44.5 Å². The molecule has 1 saturated heterocycles. The van der Waals surface area contributed by atoms with E-state index in [4.69, 9.17) is 10.5 Å². The number of rotatable bonds is 7. The Bertz CT molecular complexity index is 427. The standard InChI is InChI=1S/C14H24N4O2/c1-11(4-2-6-15)14(19)17-12-8-16-18(9-12)10-13-5-3-7-20-13/h8-9,11,13H,2-7,10,15H2,1H3,(H,17,19). The van der Waals surface area contributed by atoms with Crippen LogP contribution in [-0.4, -0.2) is 34.9 Å². The van der Waals surface area contributed by atoms with Crippen LogP contribution >= 0.6 is 0 Å². The van der Waals surface area contributed by atoms with Gasteiger partial charge in [0, 0.05) is 18.7 Å².